The third-order valence-electron chi connectivity index (χ3n) is 4.65. The molecule has 2 atom stereocenters. The van der Waals surface area contributed by atoms with Crippen molar-refractivity contribution in [1.82, 2.24) is 5.32 Å². The maximum absolute atomic E-state index is 3.63. The molecule has 84 valence electrons. The first-order chi connectivity index (χ1) is 6.30. The zero-order valence-electron chi connectivity index (χ0n) is 10.8. The van der Waals surface area contributed by atoms with Crippen molar-refractivity contribution in [2.75, 3.05) is 13.1 Å². The smallest absolute Gasteiger partial charge is 0.000806 e. The van der Waals surface area contributed by atoms with Gasteiger partial charge in [0.15, 0.2) is 0 Å². The number of rotatable bonds is 2. The predicted octanol–water partition coefficient (Wildman–Crippen LogP) is 3.30. The second-order valence-corrected chi connectivity index (χ2v) is 6.40. The summed E-state index contributed by atoms with van der Waals surface area (Å²) in [7, 11) is 0. The Morgan fingerprint density at radius 1 is 0.857 bits per heavy atom. The van der Waals surface area contributed by atoms with Gasteiger partial charge < -0.3 is 5.32 Å². The topological polar surface area (TPSA) is 12.0 Å². The Labute approximate surface area is 89.7 Å². The van der Waals surface area contributed by atoms with E-state index >= 15 is 0 Å². The quantitative estimate of drug-likeness (QED) is 0.716. The first-order valence-corrected chi connectivity index (χ1v) is 6.01. The molecule has 1 rings (SSSR count). The van der Waals surface area contributed by atoms with Crippen LogP contribution in [-0.4, -0.2) is 13.1 Å². The van der Waals surface area contributed by atoms with Gasteiger partial charge in [-0.2, -0.15) is 0 Å². The average Bonchev–Trinajstić information content (AvgIpc) is 2.03. The van der Waals surface area contributed by atoms with Crippen LogP contribution in [0.25, 0.3) is 0 Å². The van der Waals surface area contributed by atoms with Crippen LogP contribution in [-0.2, 0) is 0 Å². The molecule has 1 heterocycles. The summed E-state index contributed by atoms with van der Waals surface area (Å²) in [6.07, 6.45) is 1.36. The van der Waals surface area contributed by atoms with E-state index in [1.807, 2.05) is 0 Å². The Balaban J connectivity index is 2.78. The molecule has 0 bridgehead atoms. The van der Waals surface area contributed by atoms with Crippen molar-refractivity contribution in [3.8, 4) is 0 Å². The first-order valence-electron chi connectivity index (χ1n) is 6.01. The highest BCUT2D eigenvalue weighted by atomic mass is 14.9. The molecule has 2 unspecified atom stereocenters. The second kappa shape index (κ2) is 3.84. The van der Waals surface area contributed by atoms with Gasteiger partial charge in [0.1, 0.15) is 0 Å². The van der Waals surface area contributed by atoms with Crippen molar-refractivity contribution in [3.63, 3.8) is 0 Å². The van der Waals surface area contributed by atoms with Crippen molar-refractivity contribution in [3.05, 3.63) is 0 Å². The lowest BCUT2D eigenvalue weighted by Crippen LogP contribution is -2.52. The van der Waals surface area contributed by atoms with Gasteiger partial charge in [-0.25, -0.2) is 0 Å². The highest BCUT2D eigenvalue weighted by Crippen LogP contribution is 2.45. The van der Waals surface area contributed by atoms with Crippen molar-refractivity contribution < 1.29 is 0 Å². The summed E-state index contributed by atoms with van der Waals surface area (Å²) in [4.78, 5) is 0. The molecule has 1 nitrogen and oxygen atoms in total. The Hall–Kier alpha value is -0.0400. The lowest BCUT2D eigenvalue weighted by atomic mass is 9.61. The van der Waals surface area contributed by atoms with Crippen LogP contribution in [0.5, 0.6) is 0 Å². The van der Waals surface area contributed by atoms with E-state index in [1.54, 1.807) is 0 Å². The van der Waals surface area contributed by atoms with Gasteiger partial charge in [0, 0.05) is 13.1 Å². The molecule has 0 radical (unpaired) electrons. The van der Waals surface area contributed by atoms with Crippen LogP contribution in [0.15, 0.2) is 0 Å². The number of piperidine rings is 1. The fourth-order valence-corrected chi connectivity index (χ4v) is 2.50. The summed E-state index contributed by atoms with van der Waals surface area (Å²) in [6, 6.07) is 0. The van der Waals surface area contributed by atoms with Gasteiger partial charge in [-0.05, 0) is 29.1 Å². The van der Waals surface area contributed by atoms with Crippen LogP contribution >= 0.6 is 0 Å². The molecule has 1 N–H and O–H groups in total. The summed E-state index contributed by atoms with van der Waals surface area (Å²) >= 11 is 0. The zero-order valence-corrected chi connectivity index (χ0v) is 10.8. The molecule has 0 aromatic rings. The maximum Gasteiger partial charge on any atom is 0.000806 e. The molecule has 1 aliphatic heterocycles. The molecule has 0 spiro atoms. The van der Waals surface area contributed by atoms with E-state index in [0.717, 1.165) is 11.8 Å². The third kappa shape index (κ3) is 2.13. The van der Waals surface area contributed by atoms with E-state index in [2.05, 4.69) is 46.9 Å². The SMILES string of the molecule is CC(C)C1(C)CNCC(C)(C(C)C)C1. The van der Waals surface area contributed by atoms with E-state index in [0.29, 0.717) is 10.8 Å². The second-order valence-electron chi connectivity index (χ2n) is 6.40. The number of hydrogen-bond donors (Lipinski definition) is 1. The zero-order chi connectivity index (χ0) is 11.0. The Morgan fingerprint density at radius 2 is 1.21 bits per heavy atom. The first kappa shape index (κ1) is 12.0. The Morgan fingerprint density at radius 3 is 1.50 bits per heavy atom. The number of hydrogen-bond acceptors (Lipinski definition) is 1. The van der Waals surface area contributed by atoms with Gasteiger partial charge in [0.25, 0.3) is 0 Å². The fourth-order valence-electron chi connectivity index (χ4n) is 2.50. The number of nitrogens with one attached hydrogen (secondary N) is 1. The van der Waals surface area contributed by atoms with Gasteiger partial charge in [0.05, 0.1) is 0 Å². The van der Waals surface area contributed by atoms with Crippen molar-refractivity contribution in [1.29, 1.82) is 0 Å². The minimum atomic E-state index is 0.483. The molecular formula is C13H27N. The standard InChI is InChI=1S/C13H27N/c1-10(2)12(5)7-13(6,11(3)4)9-14-8-12/h10-11,14H,7-9H2,1-6H3. The molecule has 0 saturated carbocycles. The normalized spacial score (nSPS) is 39.4. The van der Waals surface area contributed by atoms with E-state index in [1.165, 1.54) is 19.5 Å². The van der Waals surface area contributed by atoms with E-state index < -0.39 is 0 Å². The molecule has 14 heavy (non-hydrogen) atoms. The molecule has 0 aromatic heterocycles. The summed E-state index contributed by atoms with van der Waals surface area (Å²) in [5.41, 5.74) is 0.967. The van der Waals surface area contributed by atoms with E-state index in [-0.39, 0.29) is 0 Å². The van der Waals surface area contributed by atoms with E-state index in [9.17, 15) is 0 Å². The van der Waals surface area contributed by atoms with Gasteiger partial charge in [-0.3, -0.25) is 0 Å². The maximum atomic E-state index is 3.63. The van der Waals surface area contributed by atoms with Crippen LogP contribution in [0.1, 0.15) is 48.0 Å². The van der Waals surface area contributed by atoms with Crippen molar-refractivity contribution in [2.45, 2.75) is 48.0 Å². The molecule has 0 aromatic carbocycles. The molecule has 0 aliphatic carbocycles. The average molecular weight is 197 g/mol. The highest BCUT2D eigenvalue weighted by molar-refractivity contribution is 4.95. The lowest BCUT2D eigenvalue weighted by Gasteiger charge is -2.49. The predicted molar refractivity (Wildman–Crippen MR) is 63.4 cm³/mol. The van der Waals surface area contributed by atoms with E-state index in [4.69, 9.17) is 0 Å². The minimum absolute atomic E-state index is 0.483. The highest BCUT2D eigenvalue weighted by Gasteiger charge is 2.42. The largest absolute Gasteiger partial charge is 0.316 e. The van der Waals surface area contributed by atoms with Gasteiger partial charge in [0.2, 0.25) is 0 Å². The Kier molecular flexibility index (Phi) is 3.30. The van der Waals surface area contributed by atoms with Crippen LogP contribution in [0.3, 0.4) is 0 Å². The minimum Gasteiger partial charge on any atom is -0.316 e. The van der Waals surface area contributed by atoms with Crippen molar-refractivity contribution >= 4 is 0 Å². The fraction of sp³-hybridized carbons (Fsp3) is 1.00. The summed E-state index contributed by atoms with van der Waals surface area (Å²) in [5.74, 6) is 1.54. The summed E-state index contributed by atoms with van der Waals surface area (Å²) in [6.45, 7) is 16.7. The molecule has 1 fully saturated rings. The molecule has 1 aliphatic rings. The van der Waals surface area contributed by atoms with Gasteiger partial charge >= 0.3 is 0 Å². The van der Waals surface area contributed by atoms with Crippen LogP contribution in [0, 0.1) is 22.7 Å². The van der Waals surface area contributed by atoms with Gasteiger partial charge in [-0.15, -0.1) is 0 Å². The summed E-state index contributed by atoms with van der Waals surface area (Å²) in [5, 5.41) is 3.63. The van der Waals surface area contributed by atoms with Crippen molar-refractivity contribution in [2.24, 2.45) is 22.7 Å². The van der Waals surface area contributed by atoms with Gasteiger partial charge in [-0.1, -0.05) is 41.5 Å². The Bertz CT molecular complexity index is 177. The lowest BCUT2D eigenvalue weighted by molar-refractivity contribution is 0.0331. The third-order valence-corrected chi connectivity index (χ3v) is 4.65. The van der Waals surface area contributed by atoms with Crippen LogP contribution in [0.2, 0.25) is 0 Å². The van der Waals surface area contributed by atoms with Crippen LogP contribution in [0.4, 0.5) is 0 Å². The summed E-state index contributed by atoms with van der Waals surface area (Å²) < 4.78 is 0. The molecular weight excluding hydrogens is 170 g/mol. The molecule has 1 heteroatoms. The van der Waals surface area contributed by atoms with Crippen LogP contribution < -0.4 is 5.32 Å². The molecule has 1 saturated heterocycles. The monoisotopic (exact) mass is 197 g/mol. The molecule has 0 amide bonds.